The molecule has 8 heterocycles. The normalized spacial score (nSPS) is 11.3. The second-order valence-corrected chi connectivity index (χ2v) is 24.6. The van der Waals surface area contributed by atoms with Crippen LogP contribution in [0.3, 0.4) is 0 Å². The molecule has 520 valence electrons. The van der Waals surface area contributed by atoms with E-state index in [0.717, 1.165) is 90.2 Å². The minimum absolute atomic E-state index is 0.118. The molecule has 0 fully saturated rings. The van der Waals surface area contributed by atoms with E-state index in [1.807, 2.05) is 110 Å². The number of hydrogen-bond acceptors (Lipinski definition) is 17. The van der Waals surface area contributed by atoms with Gasteiger partial charge in [-0.3, -0.25) is 14.4 Å². The number of phenols is 3. The highest BCUT2D eigenvalue weighted by atomic mass is 16.5. The molecule has 2 amide bonds. The Morgan fingerprint density at radius 2 is 0.712 bits per heavy atom. The first-order valence-electron chi connectivity index (χ1n) is 32.8. The lowest BCUT2D eigenvalue weighted by Gasteiger charge is -2.13. The number of methoxy groups -OCH3 is 1. The van der Waals surface area contributed by atoms with Crippen molar-refractivity contribution in [3.63, 3.8) is 0 Å². The van der Waals surface area contributed by atoms with Crippen molar-refractivity contribution in [2.75, 3.05) is 7.11 Å². The Morgan fingerprint density at radius 3 is 1.05 bits per heavy atom. The van der Waals surface area contributed by atoms with Gasteiger partial charge in [0.1, 0.15) is 46.0 Å². The molecule has 8 aromatic heterocycles. The number of carbonyl (C=O) groups excluding carboxylic acids is 3. The van der Waals surface area contributed by atoms with Crippen molar-refractivity contribution in [1.82, 2.24) is 38.9 Å². The van der Waals surface area contributed by atoms with E-state index in [9.17, 15) is 34.9 Å². The molecule has 23 heteroatoms. The molecule has 23 nitrogen and oxygen atoms in total. The zero-order valence-corrected chi connectivity index (χ0v) is 57.9. The number of ether oxygens (including phenoxy) is 1. The molecule has 0 aliphatic carbocycles. The van der Waals surface area contributed by atoms with Gasteiger partial charge in [0.2, 0.25) is 0 Å². The van der Waals surface area contributed by atoms with Crippen molar-refractivity contribution in [3.05, 3.63) is 263 Å². The van der Waals surface area contributed by atoms with Crippen molar-refractivity contribution < 1.29 is 57.7 Å². The maximum absolute atomic E-state index is 12.8. The fourth-order valence-corrected chi connectivity index (χ4v) is 13.4. The van der Waals surface area contributed by atoms with Crippen molar-refractivity contribution in [2.24, 2.45) is 16.6 Å². The van der Waals surface area contributed by atoms with E-state index in [2.05, 4.69) is 95.6 Å². The van der Waals surface area contributed by atoms with Crippen LogP contribution in [0.15, 0.2) is 230 Å². The number of aryl methyl sites for hydroxylation is 8. The molecule has 0 radical (unpaired) electrons. The summed E-state index contributed by atoms with van der Waals surface area (Å²) in [6.45, 7) is 14.9. The van der Waals surface area contributed by atoms with E-state index in [-0.39, 0.29) is 28.5 Å². The van der Waals surface area contributed by atoms with Gasteiger partial charge < -0.3 is 73.1 Å². The predicted molar refractivity (Wildman–Crippen MR) is 396 cm³/mol. The van der Waals surface area contributed by atoms with E-state index in [1.54, 1.807) is 108 Å². The summed E-state index contributed by atoms with van der Waals surface area (Å²) >= 11 is 0. The number of fused-ring (bicyclic) bond motifs is 4. The van der Waals surface area contributed by atoms with Crippen LogP contribution in [0.4, 0.5) is 0 Å². The van der Waals surface area contributed by atoms with Gasteiger partial charge in [0.25, 0.3) is 17.6 Å². The number of primary amides is 2. The van der Waals surface area contributed by atoms with Crippen LogP contribution in [-0.4, -0.2) is 89.8 Å². The Labute approximate surface area is 593 Å². The minimum atomic E-state index is -1.04. The molecule has 0 spiro atoms. The van der Waals surface area contributed by atoms with Gasteiger partial charge in [-0.2, -0.15) is 0 Å². The van der Waals surface area contributed by atoms with Gasteiger partial charge in [-0.15, -0.1) is 0 Å². The SMILES string of the molecule is COc1ccc(-n2c(-c3c(C)noc3C)cc3ccccc32)cc1.Cc1noc(C)c1-c1c(/C(=N/O)C(N)=O)c2ccccc2n1-c1ccc(O)cc1.Cc1noc(C)c1-c1c(C(=O)C(N)=O)c2ccccc2n1-c1ccc(O)cc1.Cc1noc(C)c1-c1cc2ccccc2n1-c1ccc(O)cc1. The first-order chi connectivity index (χ1) is 50.2. The largest absolute Gasteiger partial charge is 0.508 e. The third-order valence-corrected chi connectivity index (χ3v) is 18.0. The Kier molecular flexibility index (Phi) is 18.7. The number of rotatable bonds is 13. The molecule has 0 saturated heterocycles. The van der Waals surface area contributed by atoms with Crippen LogP contribution in [-0.2, 0) is 9.59 Å². The van der Waals surface area contributed by atoms with E-state index in [0.29, 0.717) is 73.0 Å². The second kappa shape index (κ2) is 28.3. The van der Waals surface area contributed by atoms with Crippen molar-refractivity contribution in [1.29, 1.82) is 0 Å². The van der Waals surface area contributed by atoms with Gasteiger partial charge in [-0.05, 0) is 189 Å². The average molecular weight is 1390 g/mol. The fourth-order valence-electron chi connectivity index (χ4n) is 13.4. The number of oxime groups is 1. The highest BCUT2D eigenvalue weighted by molar-refractivity contribution is 6.48. The molecule has 104 heavy (non-hydrogen) atoms. The van der Waals surface area contributed by atoms with Crippen LogP contribution in [0.25, 0.3) is 111 Å². The zero-order chi connectivity index (χ0) is 73.4. The summed E-state index contributed by atoms with van der Waals surface area (Å²) in [5, 5.41) is 61.6. The summed E-state index contributed by atoms with van der Waals surface area (Å²) in [5.41, 5.74) is 27.8. The lowest BCUT2D eigenvalue weighted by atomic mass is 9.99. The Morgan fingerprint density at radius 1 is 0.394 bits per heavy atom. The summed E-state index contributed by atoms with van der Waals surface area (Å²) in [5.74, 6) is 1.31. The molecule has 0 aliphatic heterocycles. The van der Waals surface area contributed by atoms with Gasteiger partial charge in [0.15, 0.2) is 5.71 Å². The molecule has 0 bridgehead atoms. The standard InChI is InChI=1S/C21H18N4O4.C21H17N3O4.C20H18N2O2.C19H16N2O2/c1-11-17(12(2)29-24-11)20-18(19(23-28)21(22)27)15-5-3-4-6-16(15)25(20)13-7-9-14(26)10-8-13;1-11-17(12(2)28-23-11)19-18(20(26)21(22)27)15-5-3-4-6-16(15)24(19)13-7-9-14(25)10-8-13;1-13-20(14(2)24-21-13)19-12-15-6-4-5-7-18(15)22(19)16-8-10-17(23-3)11-9-16;1-12-19(13(2)23-20-12)18-11-14-5-3-4-6-17(14)21(18)15-7-9-16(22)10-8-15/h3-10,26,28H,1-2H3,(H2,22,27);3-10,25H,1-2H3,(H2,22,27);4-12H,1-3H3;3-11,22H,1-2H3/b23-19-;;;. The molecular weight excluding hydrogens is 1320 g/mol. The predicted octanol–water partition coefficient (Wildman–Crippen LogP) is 16.1. The highest BCUT2D eigenvalue weighted by Crippen LogP contribution is 2.43. The summed E-state index contributed by atoms with van der Waals surface area (Å²) in [6.07, 6.45) is 0. The summed E-state index contributed by atoms with van der Waals surface area (Å²) in [6, 6.07) is 64.0. The third-order valence-electron chi connectivity index (χ3n) is 18.0. The van der Waals surface area contributed by atoms with Crippen LogP contribution in [0.5, 0.6) is 23.0 Å². The first kappa shape index (κ1) is 68.6. The number of hydrogen-bond donors (Lipinski definition) is 6. The van der Waals surface area contributed by atoms with Crippen molar-refractivity contribution in [3.8, 4) is 90.8 Å². The van der Waals surface area contributed by atoms with Crippen LogP contribution >= 0.6 is 0 Å². The maximum Gasteiger partial charge on any atom is 0.289 e. The smallest absolute Gasteiger partial charge is 0.289 e. The van der Waals surface area contributed by atoms with Gasteiger partial charge in [-0.25, -0.2) is 0 Å². The third kappa shape index (κ3) is 12.6. The number of ketones is 1. The molecule has 0 unspecified atom stereocenters. The van der Waals surface area contributed by atoms with Gasteiger partial charge in [0.05, 0.1) is 103 Å². The molecule has 16 rings (SSSR count). The number of amides is 2. The van der Waals surface area contributed by atoms with Crippen LogP contribution < -0.4 is 16.2 Å². The van der Waals surface area contributed by atoms with Crippen molar-refractivity contribution >= 4 is 66.9 Å². The molecule has 16 aromatic rings. The van der Waals surface area contributed by atoms with Crippen molar-refractivity contribution in [2.45, 2.75) is 55.4 Å². The number of nitrogens with two attached hydrogens (primary N) is 2. The average Bonchev–Trinajstić information content (AvgIpc) is 1.59. The highest BCUT2D eigenvalue weighted by Gasteiger charge is 2.33. The fraction of sp³-hybridized carbons (Fsp3) is 0.111. The molecule has 8 N–H and O–H groups in total. The topological polar surface area (TPSA) is 330 Å². The first-order valence-corrected chi connectivity index (χ1v) is 32.8. The number of benzene rings is 8. The number of para-hydroxylation sites is 4. The molecule has 8 aromatic carbocycles. The lowest BCUT2D eigenvalue weighted by Crippen LogP contribution is -2.25. The van der Waals surface area contributed by atoms with Gasteiger partial charge in [0, 0.05) is 49.9 Å². The maximum atomic E-state index is 12.8. The minimum Gasteiger partial charge on any atom is -0.508 e. The number of nitrogens with zero attached hydrogens (tertiary/aromatic N) is 9. The molecular formula is C81H69N11O12. The van der Waals surface area contributed by atoms with E-state index in [4.69, 9.17) is 34.3 Å². The number of carbonyl (C=O) groups is 3. The van der Waals surface area contributed by atoms with Crippen LogP contribution in [0, 0.1) is 55.4 Å². The summed E-state index contributed by atoms with van der Waals surface area (Å²) < 4.78 is 34.8. The van der Waals surface area contributed by atoms with Gasteiger partial charge >= 0.3 is 0 Å². The number of Topliss-reactive ketones (excluding diaryl/α,β-unsaturated/α-hetero) is 1. The Bertz CT molecular complexity index is 5880. The summed E-state index contributed by atoms with van der Waals surface area (Å²) in [7, 11) is 1.68. The van der Waals surface area contributed by atoms with E-state index < -0.39 is 17.6 Å². The molecule has 0 aliphatic rings. The quantitative estimate of drug-likeness (QED) is 0.0205. The Hall–Kier alpha value is -14.0. The number of aromatic hydroxyl groups is 3. The summed E-state index contributed by atoms with van der Waals surface area (Å²) in [4.78, 5) is 36.7. The lowest BCUT2D eigenvalue weighted by molar-refractivity contribution is -0.114. The molecule has 0 atom stereocenters. The second-order valence-electron chi connectivity index (χ2n) is 24.6. The van der Waals surface area contributed by atoms with E-state index >= 15 is 0 Å². The van der Waals surface area contributed by atoms with Crippen LogP contribution in [0.2, 0.25) is 0 Å². The Balaban J connectivity index is 0.000000124. The zero-order valence-electron chi connectivity index (χ0n) is 57.9. The monoisotopic (exact) mass is 1390 g/mol. The van der Waals surface area contributed by atoms with E-state index in [1.165, 1.54) is 5.39 Å². The number of phenolic OH excluding ortho intramolecular Hbond substituents is 3. The molecule has 0 saturated carbocycles. The van der Waals surface area contributed by atoms with Crippen LogP contribution in [0.1, 0.15) is 61.7 Å². The number of aromatic nitrogens is 8. The van der Waals surface area contributed by atoms with Gasteiger partial charge in [-0.1, -0.05) is 98.6 Å².